The highest BCUT2D eigenvalue weighted by atomic mass is 35.5. The van der Waals surface area contributed by atoms with Crippen molar-refractivity contribution in [1.29, 1.82) is 0 Å². The standard InChI is InChI=1S/C16H21ClS/c17-11-14(12-5-1-2-6-12)10-15-9-13-7-3-4-8-16(13)18-15/h3-4,7-8,12,14-15H,1-2,5-6,9-11H2. The largest absolute Gasteiger partial charge is 0.126 e. The van der Waals surface area contributed by atoms with Gasteiger partial charge in [-0.1, -0.05) is 43.9 Å². The fraction of sp³-hybridized carbons (Fsp3) is 0.625. The van der Waals surface area contributed by atoms with Gasteiger partial charge in [-0.05, 0) is 36.3 Å². The molecule has 0 nitrogen and oxygen atoms in total. The molecule has 0 spiro atoms. The van der Waals surface area contributed by atoms with E-state index in [1.165, 1.54) is 43.4 Å². The van der Waals surface area contributed by atoms with Crippen LogP contribution in [0.2, 0.25) is 0 Å². The van der Waals surface area contributed by atoms with Crippen LogP contribution in [0.5, 0.6) is 0 Å². The van der Waals surface area contributed by atoms with E-state index in [1.54, 1.807) is 5.56 Å². The first-order chi connectivity index (χ1) is 8.86. The number of rotatable bonds is 4. The monoisotopic (exact) mass is 280 g/mol. The van der Waals surface area contributed by atoms with Crippen molar-refractivity contribution >= 4 is 23.4 Å². The summed E-state index contributed by atoms with van der Waals surface area (Å²) in [5, 5.41) is 0.770. The Hall–Kier alpha value is -0.140. The molecule has 2 aliphatic rings. The van der Waals surface area contributed by atoms with Gasteiger partial charge in [0.25, 0.3) is 0 Å². The maximum absolute atomic E-state index is 6.23. The molecular weight excluding hydrogens is 260 g/mol. The molecule has 0 saturated heterocycles. The molecule has 2 unspecified atom stereocenters. The van der Waals surface area contributed by atoms with Crippen LogP contribution in [0.3, 0.4) is 0 Å². The zero-order valence-corrected chi connectivity index (χ0v) is 12.3. The number of thioether (sulfide) groups is 1. The summed E-state index contributed by atoms with van der Waals surface area (Å²) in [6.07, 6.45) is 8.25. The summed E-state index contributed by atoms with van der Waals surface area (Å²) in [5.74, 6) is 2.52. The van der Waals surface area contributed by atoms with Gasteiger partial charge in [-0.3, -0.25) is 0 Å². The molecule has 1 aromatic carbocycles. The van der Waals surface area contributed by atoms with Crippen molar-refractivity contribution in [2.45, 2.75) is 48.7 Å². The van der Waals surface area contributed by atoms with Gasteiger partial charge in [0.15, 0.2) is 0 Å². The Morgan fingerprint density at radius 1 is 1.22 bits per heavy atom. The maximum atomic E-state index is 6.23. The SMILES string of the molecule is ClCC(CC1Cc2ccccc2S1)C1CCCC1. The molecule has 0 bridgehead atoms. The normalized spacial score (nSPS) is 25.3. The lowest BCUT2D eigenvalue weighted by Gasteiger charge is -2.23. The van der Waals surface area contributed by atoms with Gasteiger partial charge in [-0.25, -0.2) is 0 Å². The van der Waals surface area contributed by atoms with Crippen LogP contribution in [0.4, 0.5) is 0 Å². The molecule has 18 heavy (non-hydrogen) atoms. The second-order valence-corrected chi connectivity index (χ2v) is 7.40. The molecule has 2 heteroatoms. The van der Waals surface area contributed by atoms with Gasteiger partial charge in [0, 0.05) is 16.0 Å². The number of alkyl halides is 1. The van der Waals surface area contributed by atoms with Crippen molar-refractivity contribution in [3.63, 3.8) is 0 Å². The molecule has 0 N–H and O–H groups in total. The minimum absolute atomic E-state index is 0.751. The van der Waals surface area contributed by atoms with Gasteiger partial charge in [0.2, 0.25) is 0 Å². The predicted molar refractivity (Wildman–Crippen MR) is 80.6 cm³/mol. The van der Waals surface area contributed by atoms with Crippen LogP contribution in [-0.4, -0.2) is 11.1 Å². The molecular formula is C16H21ClS. The Labute approximate surface area is 119 Å². The van der Waals surface area contributed by atoms with Crippen LogP contribution in [-0.2, 0) is 6.42 Å². The molecule has 1 heterocycles. The molecule has 3 rings (SSSR count). The molecule has 0 amide bonds. The Kier molecular flexibility index (Phi) is 4.20. The Morgan fingerprint density at radius 3 is 2.72 bits per heavy atom. The second-order valence-electron chi connectivity index (χ2n) is 5.75. The fourth-order valence-corrected chi connectivity index (χ4v) is 5.34. The van der Waals surface area contributed by atoms with Gasteiger partial charge in [-0.2, -0.15) is 0 Å². The average molecular weight is 281 g/mol. The van der Waals surface area contributed by atoms with E-state index in [0.717, 1.165) is 23.0 Å². The van der Waals surface area contributed by atoms with Crippen molar-refractivity contribution < 1.29 is 0 Å². The van der Waals surface area contributed by atoms with Crippen LogP contribution in [0.25, 0.3) is 0 Å². The van der Waals surface area contributed by atoms with Gasteiger partial charge in [-0.15, -0.1) is 23.4 Å². The molecule has 1 fully saturated rings. The van der Waals surface area contributed by atoms with Crippen LogP contribution in [0, 0.1) is 11.8 Å². The number of fused-ring (bicyclic) bond motifs is 1. The lowest BCUT2D eigenvalue weighted by molar-refractivity contribution is 0.347. The van der Waals surface area contributed by atoms with E-state index in [-0.39, 0.29) is 0 Å². The maximum Gasteiger partial charge on any atom is 0.0254 e. The van der Waals surface area contributed by atoms with Crippen molar-refractivity contribution in [3.8, 4) is 0 Å². The van der Waals surface area contributed by atoms with Crippen LogP contribution in [0.1, 0.15) is 37.7 Å². The van der Waals surface area contributed by atoms with Crippen molar-refractivity contribution in [3.05, 3.63) is 29.8 Å². The van der Waals surface area contributed by atoms with E-state index < -0.39 is 0 Å². The van der Waals surface area contributed by atoms with Crippen molar-refractivity contribution in [1.82, 2.24) is 0 Å². The molecule has 2 atom stereocenters. The van der Waals surface area contributed by atoms with E-state index >= 15 is 0 Å². The summed E-state index contributed by atoms with van der Waals surface area (Å²) < 4.78 is 0. The van der Waals surface area contributed by atoms with Crippen molar-refractivity contribution in [2.75, 3.05) is 5.88 Å². The first-order valence-electron chi connectivity index (χ1n) is 7.17. The minimum atomic E-state index is 0.751. The zero-order chi connectivity index (χ0) is 12.4. The third-order valence-corrected chi connectivity index (χ3v) is 6.29. The van der Waals surface area contributed by atoms with E-state index in [2.05, 4.69) is 36.0 Å². The quantitative estimate of drug-likeness (QED) is 0.688. The Bertz CT molecular complexity index is 373. The third-order valence-electron chi connectivity index (χ3n) is 4.54. The molecule has 0 radical (unpaired) electrons. The average Bonchev–Trinajstić information content (AvgIpc) is 3.04. The van der Waals surface area contributed by atoms with E-state index in [0.29, 0.717) is 0 Å². The number of halogens is 1. The van der Waals surface area contributed by atoms with Crippen molar-refractivity contribution in [2.24, 2.45) is 11.8 Å². The minimum Gasteiger partial charge on any atom is -0.126 e. The van der Waals surface area contributed by atoms with Crippen LogP contribution < -0.4 is 0 Å². The number of hydrogen-bond donors (Lipinski definition) is 0. The highest BCUT2D eigenvalue weighted by Gasteiger charge is 2.30. The first kappa shape index (κ1) is 12.9. The summed E-state index contributed by atoms with van der Waals surface area (Å²) >= 11 is 8.31. The van der Waals surface area contributed by atoms with E-state index in [9.17, 15) is 0 Å². The second kappa shape index (κ2) is 5.88. The van der Waals surface area contributed by atoms with Crippen LogP contribution >= 0.6 is 23.4 Å². The lowest BCUT2D eigenvalue weighted by atomic mass is 9.87. The predicted octanol–water partition coefficient (Wildman–Crippen LogP) is 5.14. The number of benzene rings is 1. The highest BCUT2D eigenvalue weighted by molar-refractivity contribution is 8.00. The zero-order valence-electron chi connectivity index (χ0n) is 10.8. The first-order valence-corrected chi connectivity index (χ1v) is 8.58. The smallest absolute Gasteiger partial charge is 0.0254 e. The number of hydrogen-bond acceptors (Lipinski definition) is 1. The summed E-state index contributed by atoms with van der Waals surface area (Å²) in [5.41, 5.74) is 1.55. The molecule has 1 saturated carbocycles. The highest BCUT2D eigenvalue weighted by Crippen LogP contribution is 2.42. The summed E-state index contributed by atoms with van der Waals surface area (Å²) in [7, 11) is 0. The van der Waals surface area contributed by atoms with E-state index in [4.69, 9.17) is 11.6 Å². The Morgan fingerprint density at radius 2 is 2.00 bits per heavy atom. The van der Waals surface area contributed by atoms with E-state index in [1.807, 2.05) is 0 Å². The van der Waals surface area contributed by atoms with Gasteiger partial charge in [0.1, 0.15) is 0 Å². The molecule has 1 aliphatic heterocycles. The fourth-order valence-electron chi connectivity index (χ4n) is 3.53. The summed E-state index contributed by atoms with van der Waals surface area (Å²) in [6, 6.07) is 8.88. The molecule has 1 aromatic rings. The van der Waals surface area contributed by atoms with Crippen LogP contribution in [0.15, 0.2) is 29.2 Å². The Balaban J connectivity index is 1.60. The molecule has 1 aliphatic carbocycles. The van der Waals surface area contributed by atoms with Gasteiger partial charge in [0.05, 0.1) is 0 Å². The topological polar surface area (TPSA) is 0 Å². The molecule has 0 aromatic heterocycles. The molecule has 98 valence electrons. The summed E-state index contributed by atoms with van der Waals surface area (Å²) in [6.45, 7) is 0. The van der Waals surface area contributed by atoms with Gasteiger partial charge >= 0.3 is 0 Å². The summed E-state index contributed by atoms with van der Waals surface area (Å²) in [4.78, 5) is 1.50. The third kappa shape index (κ3) is 2.72. The van der Waals surface area contributed by atoms with Gasteiger partial charge < -0.3 is 0 Å². The lowest BCUT2D eigenvalue weighted by Crippen LogP contribution is -2.19.